The van der Waals surface area contributed by atoms with Gasteiger partial charge in [0.2, 0.25) is 0 Å². The Kier molecular flexibility index (Phi) is 7.29. The molecule has 0 aromatic carbocycles. The van der Waals surface area contributed by atoms with E-state index in [0.29, 0.717) is 26.0 Å². The quantitative estimate of drug-likeness (QED) is 0.603. The number of halogens is 2. The molecule has 12 heavy (non-hydrogen) atoms. The number of ether oxygens (including phenoxy) is 1. The smallest absolute Gasteiger partial charge is 0.253 e. The van der Waals surface area contributed by atoms with Crippen LogP contribution in [0.25, 0.3) is 0 Å². The molecule has 4 heteroatoms. The summed E-state index contributed by atoms with van der Waals surface area (Å²) in [4.78, 5) is 0. The Labute approximate surface area is 72.3 Å². The third-order valence-electron chi connectivity index (χ3n) is 1.63. The van der Waals surface area contributed by atoms with Crippen molar-refractivity contribution in [2.45, 2.75) is 32.2 Å². The molecule has 0 saturated heterocycles. The Morgan fingerprint density at radius 2 is 2.08 bits per heavy atom. The van der Waals surface area contributed by atoms with Crippen molar-refractivity contribution in [3.05, 3.63) is 0 Å². The lowest BCUT2D eigenvalue weighted by atomic mass is 10.1. The van der Waals surface area contributed by atoms with Crippen LogP contribution in [-0.4, -0.2) is 32.7 Å². The Hall–Kier alpha value is -0.220. The first kappa shape index (κ1) is 11.8. The molecule has 1 N–H and O–H groups in total. The minimum Gasteiger partial charge on any atom is -0.385 e. The third-order valence-corrected chi connectivity index (χ3v) is 1.63. The SMILES string of the molecule is CCNC(CCCOC)C(F)F. The first-order valence-electron chi connectivity index (χ1n) is 4.22. The molecule has 0 aliphatic rings. The Balaban J connectivity index is 3.49. The van der Waals surface area contributed by atoms with E-state index < -0.39 is 12.5 Å². The van der Waals surface area contributed by atoms with E-state index in [1.165, 1.54) is 0 Å². The largest absolute Gasteiger partial charge is 0.385 e. The Bertz CT molecular complexity index is 101. The van der Waals surface area contributed by atoms with Crippen LogP contribution in [0, 0.1) is 0 Å². The maximum absolute atomic E-state index is 12.2. The first-order valence-corrected chi connectivity index (χ1v) is 4.22. The van der Waals surface area contributed by atoms with Gasteiger partial charge in [0, 0.05) is 13.7 Å². The summed E-state index contributed by atoms with van der Waals surface area (Å²) in [5, 5.41) is 2.74. The molecule has 0 heterocycles. The van der Waals surface area contributed by atoms with Crippen LogP contribution < -0.4 is 5.32 Å². The molecule has 0 amide bonds. The molecule has 74 valence electrons. The number of hydrogen-bond acceptors (Lipinski definition) is 2. The fourth-order valence-corrected chi connectivity index (χ4v) is 1.03. The van der Waals surface area contributed by atoms with Gasteiger partial charge in [-0.05, 0) is 19.4 Å². The van der Waals surface area contributed by atoms with Crippen molar-refractivity contribution < 1.29 is 13.5 Å². The molecule has 0 rings (SSSR count). The van der Waals surface area contributed by atoms with Gasteiger partial charge in [0.15, 0.2) is 0 Å². The van der Waals surface area contributed by atoms with E-state index >= 15 is 0 Å². The third kappa shape index (κ3) is 5.43. The van der Waals surface area contributed by atoms with Crippen LogP contribution in [0.2, 0.25) is 0 Å². The standard InChI is InChI=1S/C8H17F2NO/c1-3-11-7(8(9)10)5-4-6-12-2/h7-8,11H,3-6H2,1-2H3. The van der Waals surface area contributed by atoms with Crippen molar-refractivity contribution >= 4 is 0 Å². The number of hydrogen-bond donors (Lipinski definition) is 1. The fourth-order valence-electron chi connectivity index (χ4n) is 1.03. The molecule has 0 aromatic rings. The Morgan fingerprint density at radius 1 is 1.42 bits per heavy atom. The summed E-state index contributed by atoms with van der Waals surface area (Å²) >= 11 is 0. The van der Waals surface area contributed by atoms with E-state index in [1.54, 1.807) is 7.11 Å². The van der Waals surface area contributed by atoms with Crippen molar-refractivity contribution in [2.75, 3.05) is 20.3 Å². The van der Waals surface area contributed by atoms with Crippen LogP contribution in [0.15, 0.2) is 0 Å². The molecule has 0 spiro atoms. The van der Waals surface area contributed by atoms with Crippen molar-refractivity contribution in [1.82, 2.24) is 5.32 Å². The van der Waals surface area contributed by atoms with Crippen LogP contribution in [0.1, 0.15) is 19.8 Å². The number of nitrogens with one attached hydrogen (secondary N) is 1. The van der Waals surface area contributed by atoms with Gasteiger partial charge in [-0.3, -0.25) is 0 Å². The van der Waals surface area contributed by atoms with Gasteiger partial charge < -0.3 is 10.1 Å². The van der Waals surface area contributed by atoms with E-state index in [4.69, 9.17) is 4.74 Å². The van der Waals surface area contributed by atoms with E-state index in [0.717, 1.165) is 0 Å². The van der Waals surface area contributed by atoms with E-state index in [2.05, 4.69) is 5.32 Å². The monoisotopic (exact) mass is 181 g/mol. The zero-order chi connectivity index (χ0) is 9.40. The van der Waals surface area contributed by atoms with Crippen LogP contribution in [0.4, 0.5) is 8.78 Å². The minimum absolute atomic E-state index is 0.472. The second-order valence-electron chi connectivity index (χ2n) is 2.63. The van der Waals surface area contributed by atoms with Gasteiger partial charge in [-0.15, -0.1) is 0 Å². The molecule has 0 radical (unpaired) electrons. The molecule has 2 nitrogen and oxygen atoms in total. The van der Waals surface area contributed by atoms with E-state index in [9.17, 15) is 8.78 Å². The summed E-state index contributed by atoms with van der Waals surface area (Å²) in [7, 11) is 1.57. The zero-order valence-corrected chi connectivity index (χ0v) is 7.65. The van der Waals surface area contributed by atoms with Gasteiger partial charge >= 0.3 is 0 Å². The Morgan fingerprint density at radius 3 is 2.50 bits per heavy atom. The lowest BCUT2D eigenvalue weighted by molar-refractivity contribution is 0.0881. The lowest BCUT2D eigenvalue weighted by Crippen LogP contribution is -2.35. The average molecular weight is 181 g/mol. The summed E-state index contributed by atoms with van der Waals surface area (Å²) in [6.07, 6.45) is -1.13. The summed E-state index contributed by atoms with van der Waals surface area (Å²) in [5.74, 6) is 0. The van der Waals surface area contributed by atoms with Crippen molar-refractivity contribution in [2.24, 2.45) is 0 Å². The van der Waals surface area contributed by atoms with Crippen LogP contribution >= 0.6 is 0 Å². The van der Waals surface area contributed by atoms with Crippen LogP contribution in [-0.2, 0) is 4.74 Å². The fraction of sp³-hybridized carbons (Fsp3) is 1.00. The molecular weight excluding hydrogens is 164 g/mol. The highest BCUT2D eigenvalue weighted by Crippen LogP contribution is 2.07. The lowest BCUT2D eigenvalue weighted by Gasteiger charge is -2.15. The number of rotatable bonds is 7. The average Bonchev–Trinajstić information content (AvgIpc) is 2.03. The second-order valence-corrected chi connectivity index (χ2v) is 2.63. The van der Waals surface area contributed by atoms with E-state index in [1.807, 2.05) is 6.92 Å². The molecule has 0 saturated carbocycles. The van der Waals surface area contributed by atoms with Gasteiger partial charge in [0.05, 0.1) is 6.04 Å². The normalized spacial score (nSPS) is 13.8. The van der Waals surface area contributed by atoms with Gasteiger partial charge in [-0.1, -0.05) is 6.92 Å². The topological polar surface area (TPSA) is 21.3 Å². The molecule has 0 aromatic heterocycles. The summed E-state index contributed by atoms with van der Waals surface area (Å²) in [6.45, 7) is 2.96. The predicted octanol–water partition coefficient (Wildman–Crippen LogP) is 1.66. The second kappa shape index (κ2) is 7.43. The number of alkyl halides is 2. The summed E-state index contributed by atoms with van der Waals surface area (Å²) < 4.78 is 29.2. The molecule has 0 fully saturated rings. The minimum atomic E-state index is -2.28. The zero-order valence-electron chi connectivity index (χ0n) is 7.65. The van der Waals surface area contributed by atoms with Crippen LogP contribution in [0.3, 0.4) is 0 Å². The predicted molar refractivity (Wildman–Crippen MR) is 44.6 cm³/mol. The molecular formula is C8H17F2NO. The van der Waals surface area contributed by atoms with Gasteiger partial charge in [-0.25, -0.2) is 8.78 Å². The van der Waals surface area contributed by atoms with Crippen molar-refractivity contribution in [1.29, 1.82) is 0 Å². The molecule has 1 unspecified atom stereocenters. The molecule has 1 atom stereocenters. The van der Waals surface area contributed by atoms with Crippen molar-refractivity contribution in [3.8, 4) is 0 Å². The van der Waals surface area contributed by atoms with Crippen molar-refractivity contribution in [3.63, 3.8) is 0 Å². The van der Waals surface area contributed by atoms with Gasteiger partial charge in [0.1, 0.15) is 0 Å². The highest BCUT2D eigenvalue weighted by molar-refractivity contribution is 4.67. The first-order chi connectivity index (χ1) is 5.72. The van der Waals surface area contributed by atoms with Crippen LogP contribution in [0.5, 0.6) is 0 Å². The highest BCUT2D eigenvalue weighted by Gasteiger charge is 2.17. The maximum Gasteiger partial charge on any atom is 0.253 e. The molecule has 0 aliphatic carbocycles. The molecule has 0 bridgehead atoms. The maximum atomic E-state index is 12.2. The van der Waals surface area contributed by atoms with E-state index in [-0.39, 0.29) is 0 Å². The van der Waals surface area contributed by atoms with Gasteiger partial charge in [0.25, 0.3) is 6.43 Å². The molecule has 0 aliphatic heterocycles. The summed E-state index contributed by atoms with van der Waals surface area (Å²) in [6, 6.07) is -0.676. The van der Waals surface area contributed by atoms with Gasteiger partial charge in [-0.2, -0.15) is 0 Å². The highest BCUT2D eigenvalue weighted by atomic mass is 19.3. The number of methoxy groups -OCH3 is 1. The summed E-state index contributed by atoms with van der Waals surface area (Å²) in [5.41, 5.74) is 0.